The Balaban J connectivity index is 0.000000137. The fraction of sp³-hybridized carbons (Fsp3) is 0.348. The molecule has 3 aliphatic carbocycles. The number of phenolic OH excluding ortho intramolecular Hbond substituents is 3. The van der Waals surface area contributed by atoms with Crippen molar-refractivity contribution in [2.45, 2.75) is 214 Å². The lowest BCUT2D eigenvalue weighted by molar-refractivity contribution is 0.192. The maximum atomic E-state index is 11.3. The van der Waals surface area contributed by atoms with Gasteiger partial charge in [-0.1, -0.05) is 257 Å². The van der Waals surface area contributed by atoms with Gasteiger partial charge in [-0.25, -0.2) is 15.0 Å². The molecule has 13 aromatic carbocycles. The second kappa shape index (κ2) is 42.4. The van der Waals surface area contributed by atoms with Crippen molar-refractivity contribution in [1.82, 2.24) is 44.9 Å². The lowest BCUT2D eigenvalue weighted by atomic mass is 9.93. The summed E-state index contributed by atoms with van der Waals surface area (Å²) in [5.41, 5.74) is 4.29. The quantitative estimate of drug-likeness (QED) is 0.0256. The van der Waals surface area contributed by atoms with Gasteiger partial charge in [0, 0.05) is 34.9 Å². The minimum Gasteiger partial charge on any atom is -0.507 e. The van der Waals surface area contributed by atoms with Crippen LogP contribution in [0.15, 0.2) is 231 Å². The van der Waals surface area contributed by atoms with Crippen molar-refractivity contribution in [3.05, 3.63) is 231 Å². The van der Waals surface area contributed by atoms with Crippen LogP contribution in [0.5, 0.6) is 52.5 Å². The van der Waals surface area contributed by atoms with Crippen LogP contribution in [-0.4, -0.2) is 98.3 Å². The van der Waals surface area contributed by atoms with Crippen LogP contribution in [-0.2, 0) is 0 Å². The third kappa shape index (κ3) is 20.9. The minimum atomic E-state index is 0.0671. The van der Waals surface area contributed by atoms with Crippen LogP contribution in [0.2, 0.25) is 0 Å². The van der Waals surface area contributed by atoms with Crippen LogP contribution >= 0.6 is 0 Å². The van der Waals surface area contributed by atoms with Crippen LogP contribution < -0.4 is 28.4 Å². The lowest BCUT2D eigenvalue weighted by Gasteiger charge is -2.17. The van der Waals surface area contributed by atoms with Gasteiger partial charge in [0.2, 0.25) is 0 Å². The molecular weight excluding hydrogens is 1620 g/mol. The van der Waals surface area contributed by atoms with Crippen LogP contribution in [0.4, 0.5) is 0 Å². The molecule has 19 rings (SSSR count). The number of hydrogen-bond acceptors (Lipinski definition) is 18. The monoisotopic (exact) mass is 1730 g/mol. The normalized spacial score (nSPS) is 14.4. The molecule has 16 aromatic rings. The first-order valence-corrected chi connectivity index (χ1v) is 47.7. The summed E-state index contributed by atoms with van der Waals surface area (Å²) < 4.78 is 37.3. The Hall–Kier alpha value is -13.1. The van der Waals surface area contributed by atoms with Gasteiger partial charge in [0.1, 0.15) is 52.8 Å². The van der Waals surface area contributed by atoms with E-state index in [2.05, 4.69) is 175 Å². The highest BCUT2D eigenvalue weighted by atomic mass is 16.5. The second-order valence-corrected chi connectivity index (χ2v) is 35.3. The van der Waals surface area contributed by atoms with Crippen LogP contribution in [0, 0.1) is 17.8 Å². The minimum absolute atomic E-state index is 0.0671. The lowest BCUT2D eigenvalue weighted by Crippen LogP contribution is -2.14. The van der Waals surface area contributed by atoms with Crippen molar-refractivity contribution in [3.8, 4) is 121 Å². The fourth-order valence-electron chi connectivity index (χ4n) is 18.7. The van der Waals surface area contributed by atoms with E-state index in [1.54, 1.807) is 18.2 Å². The highest BCUT2D eigenvalue weighted by Gasteiger charge is 2.28. The molecule has 3 aromatic heterocycles. The van der Waals surface area contributed by atoms with Crippen molar-refractivity contribution in [2.75, 3.05) is 19.8 Å². The van der Waals surface area contributed by atoms with Gasteiger partial charge < -0.3 is 43.7 Å². The molecule has 0 saturated heterocycles. The molecule has 3 saturated carbocycles. The van der Waals surface area contributed by atoms with Crippen LogP contribution in [0.1, 0.15) is 196 Å². The zero-order chi connectivity index (χ0) is 89.2. The van der Waals surface area contributed by atoms with Gasteiger partial charge in [-0.2, -0.15) is 29.9 Å². The number of rotatable bonds is 33. The van der Waals surface area contributed by atoms with Crippen molar-refractivity contribution >= 4 is 75.4 Å². The first kappa shape index (κ1) is 88.9. The molecule has 18 heteroatoms. The summed E-state index contributed by atoms with van der Waals surface area (Å²) in [6.45, 7) is 15.2. The summed E-state index contributed by atoms with van der Waals surface area (Å²) in [6, 6.07) is 78.0. The number of phenols is 3. The molecule has 0 amide bonds. The molecule has 18 nitrogen and oxygen atoms in total. The number of aromatic nitrogens is 9. The largest absolute Gasteiger partial charge is 0.507 e. The number of unbranched alkanes of at least 4 members (excludes halogenated alkanes) is 3. The van der Waals surface area contributed by atoms with Gasteiger partial charge in [-0.15, -0.1) is 0 Å². The van der Waals surface area contributed by atoms with Gasteiger partial charge >= 0.3 is 18.0 Å². The van der Waals surface area contributed by atoms with E-state index in [9.17, 15) is 15.3 Å². The number of fused-ring (bicyclic) bond motifs is 10. The molecule has 0 radical (unpaired) electrons. The number of benzene rings is 13. The molecule has 0 aliphatic heterocycles. The number of hydrogen-bond donors (Lipinski definition) is 3. The Morgan fingerprint density at radius 1 is 0.269 bits per heavy atom. The molecule has 3 unspecified atom stereocenters. The Bertz CT molecular complexity index is 6540. The first-order chi connectivity index (χ1) is 63.9. The molecule has 0 spiro atoms. The summed E-state index contributed by atoms with van der Waals surface area (Å²) in [6.07, 6.45) is 26.8. The molecule has 130 heavy (non-hydrogen) atoms. The number of nitrogens with zero attached hydrogens (tertiary/aromatic N) is 9. The Labute approximate surface area is 762 Å². The maximum absolute atomic E-state index is 11.3. The van der Waals surface area contributed by atoms with Gasteiger partial charge in [-0.05, 0) is 244 Å². The topological polar surface area (TPSA) is 232 Å². The van der Waals surface area contributed by atoms with Gasteiger partial charge in [-0.3, -0.25) is 0 Å². The molecule has 3 aliphatic rings. The summed E-state index contributed by atoms with van der Waals surface area (Å²) in [5, 5.41) is 49.3. The van der Waals surface area contributed by atoms with Gasteiger partial charge in [0.25, 0.3) is 0 Å². The van der Waals surface area contributed by atoms with E-state index < -0.39 is 0 Å². The van der Waals surface area contributed by atoms with E-state index >= 15 is 0 Å². The third-order valence-corrected chi connectivity index (χ3v) is 26.3. The Kier molecular flexibility index (Phi) is 29.0. The van der Waals surface area contributed by atoms with Crippen molar-refractivity contribution in [3.63, 3.8) is 0 Å². The van der Waals surface area contributed by atoms with Gasteiger partial charge in [0.05, 0.1) is 36.5 Å². The SMILES string of the molecule is CCCCC(CC)COc1ccc(-c2nc(OC3CCCC3)nc(-c3c4ccccc4cc4ccccc34)n2)c(O)c1.CCCCC(CC)COc1ccc(-c2nc(OC3CCCC3)nc(-c3cc4c5ccccc5ccc4c4ccccc34)n2)c(O)c1.CCCCC(CC)COc1ccc(-c2nc(OC3CCCC3)nc(-c3cc4ccccc4c4ccccc34)n2)c(O)c1. The smallest absolute Gasteiger partial charge is 0.320 e. The highest BCUT2D eigenvalue weighted by molar-refractivity contribution is 6.21. The Morgan fingerprint density at radius 3 is 0.946 bits per heavy atom. The van der Waals surface area contributed by atoms with Crippen LogP contribution in [0.25, 0.3) is 144 Å². The summed E-state index contributed by atoms with van der Waals surface area (Å²) in [7, 11) is 0. The van der Waals surface area contributed by atoms with E-state index in [1.165, 1.54) is 60.1 Å². The van der Waals surface area contributed by atoms with Crippen molar-refractivity contribution in [1.29, 1.82) is 0 Å². The zero-order valence-corrected chi connectivity index (χ0v) is 75.8. The third-order valence-electron chi connectivity index (χ3n) is 26.3. The number of aromatic hydroxyl groups is 3. The summed E-state index contributed by atoms with van der Waals surface area (Å²) >= 11 is 0. The van der Waals surface area contributed by atoms with E-state index in [0.717, 1.165) is 186 Å². The molecule has 0 bridgehead atoms. The molecule has 3 atom stereocenters. The molecule has 666 valence electrons. The predicted octanol–water partition coefficient (Wildman–Crippen LogP) is 28.6. The molecule has 3 heterocycles. The zero-order valence-electron chi connectivity index (χ0n) is 75.8. The van der Waals surface area contributed by atoms with E-state index in [1.807, 2.05) is 78.9 Å². The maximum Gasteiger partial charge on any atom is 0.320 e. The first-order valence-electron chi connectivity index (χ1n) is 47.7. The average Bonchev–Trinajstić information content (AvgIpc) is 0.839. The highest BCUT2D eigenvalue weighted by Crippen LogP contribution is 2.44. The second-order valence-electron chi connectivity index (χ2n) is 35.3. The Morgan fingerprint density at radius 2 is 0.569 bits per heavy atom. The fourth-order valence-corrected chi connectivity index (χ4v) is 18.7. The van der Waals surface area contributed by atoms with E-state index in [0.29, 0.717) is 118 Å². The van der Waals surface area contributed by atoms with Crippen molar-refractivity contribution in [2.24, 2.45) is 17.8 Å². The summed E-state index contributed by atoms with van der Waals surface area (Å²) in [4.78, 5) is 43.6. The van der Waals surface area contributed by atoms with Gasteiger partial charge in [0.15, 0.2) is 34.9 Å². The molecular formula is C112H119N9O9. The van der Waals surface area contributed by atoms with E-state index in [4.69, 9.17) is 73.3 Å². The van der Waals surface area contributed by atoms with Crippen LogP contribution in [0.3, 0.4) is 0 Å². The average molecular weight is 1740 g/mol. The number of ether oxygens (including phenoxy) is 6. The van der Waals surface area contributed by atoms with E-state index in [-0.39, 0.29) is 41.6 Å². The molecule has 3 N–H and O–H groups in total. The predicted molar refractivity (Wildman–Crippen MR) is 525 cm³/mol. The van der Waals surface area contributed by atoms with Crippen molar-refractivity contribution < 1.29 is 43.7 Å². The summed E-state index contributed by atoms with van der Waals surface area (Å²) in [5.74, 6) is 6.34. The standard InChI is InChI=1S/C40H41N3O3.2C36H39N3O3/c1-3-5-12-26(4-2)25-45-29-20-22-34(37(44)23-29)38-41-39(43-40(42-38)46-28-14-7-8-15-28)36-24-35-30-16-9-6-13-27(30)19-21-33(35)31-17-10-11-18-32(31)36;1-3-5-12-24(4-2)23-41-28-19-20-31(32(40)22-28)34-37-35(39-36(38-34)42-27-15-8-9-16-27)33-29-17-10-6-13-25(29)21-26-14-7-11-18-30(26)33;1-3-5-12-24(4-2)23-41-27-19-20-31(33(40)22-27)34-37-35(39-36(38-34)42-26-14-7-8-15-26)32-21-25-13-6-9-16-28(25)29-17-10-11-18-30(29)32/h6,9-11,13,16-24,26,28,44H,3-5,7-8,12,14-15,25H2,1-2H3;6-7,10-11,13-14,17-22,24,27,40H,3-5,8-9,12,15-16,23H2,1-2H3;6,9-11,13,16-22,24,26,40H,3-5,7-8,12,14-15,23H2,1-2H3. The molecule has 3 fully saturated rings.